The lowest BCUT2D eigenvalue weighted by Crippen LogP contribution is -2.01. The minimum Gasteiger partial charge on any atom is -0.490 e. The number of nitriles is 2. The monoisotopic (exact) mass is 372 g/mol. The van der Waals surface area contributed by atoms with Gasteiger partial charge in [0.05, 0.1) is 11.6 Å². The van der Waals surface area contributed by atoms with Crippen LogP contribution in [0.3, 0.4) is 0 Å². The zero-order valence-electron chi connectivity index (χ0n) is 13.4. The molecule has 2 aromatic carbocycles. The Morgan fingerprint density at radius 1 is 1.08 bits per heavy atom. The van der Waals surface area contributed by atoms with Gasteiger partial charge in [0.2, 0.25) is 0 Å². The predicted molar refractivity (Wildman–Crippen MR) is 97.6 cm³/mol. The van der Waals surface area contributed by atoms with Gasteiger partial charge in [-0.3, -0.25) is 0 Å². The lowest BCUT2D eigenvalue weighted by Gasteiger charge is -2.14. The number of benzene rings is 2. The van der Waals surface area contributed by atoms with Crippen LogP contribution in [0.25, 0.3) is 6.08 Å². The third kappa shape index (κ3) is 5.16. The molecule has 0 aliphatic rings. The highest BCUT2D eigenvalue weighted by molar-refractivity contribution is 6.32. The molecule has 126 valence electrons. The molecule has 6 heteroatoms. The summed E-state index contributed by atoms with van der Waals surface area (Å²) in [6.07, 6.45) is 1.44. The van der Waals surface area contributed by atoms with Gasteiger partial charge in [-0.1, -0.05) is 35.3 Å². The van der Waals surface area contributed by atoms with Gasteiger partial charge in [-0.15, -0.1) is 0 Å². The topological polar surface area (TPSA) is 66.0 Å². The molecule has 4 nitrogen and oxygen atoms in total. The van der Waals surface area contributed by atoms with Crippen molar-refractivity contribution in [3.63, 3.8) is 0 Å². The summed E-state index contributed by atoms with van der Waals surface area (Å²) in [6, 6.07) is 14.2. The Hall–Kier alpha value is -2.66. The minimum atomic E-state index is -0.0200. The quantitative estimate of drug-likeness (QED) is 0.636. The number of hydrogen-bond donors (Lipinski definition) is 0. The molecule has 0 atom stereocenters. The van der Waals surface area contributed by atoms with Crippen molar-refractivity contribution in [3.05, 3.63) is 63.1 Å². The molecular weight excluding hydrogens is 359 g/mol. The molecule has 2 aromatic rings. The van der Waals surface area contributed by atoms with Crippen molar-refractivity contribution >= 4 is 29.3 Å². The number of allylic oxidation sites excluding steroid dienone is 1. The molecule has 0 aliphatic carbocycles. The van der Waals surface area contributed by atoms with Crippen molar-refractivity contribution in [1.29, 1.82) is 10.5 Å². The first-order valence-corrected chi connectivity index (χ1v) is 8.18. The Kier molecular flexibility index (Phi) is 6.71. The van der Waals surface area contributed by atoms with Crippen LogP contribution in [0, 0.1) is 22.7 Å². The first kappa shape index (κ1) is 18.7. The lowest BCUT2D eigenvalue weighted by atomic mass is 10.1. The highest BCUT2D eigenvalue weighted by Crippen LogP contribution is 2.37. The molecule has 0 amide bonds. The zero-order valence-corrected chi connectivity index (χ0v) is 14.9. The average Bonchev–Trinajstić information content (AvgIpc) is 2.60. The van der Waals surface area contributed by atoms with Crippen molar-refractivity contribution in [2.24, 2.45) is 0 Å². The smallest absolute Gasteiger partial charge is 0.180 e. The van der Waals surface area contributed by atoms with E-state index in [1.165, 1.54) is 6.08 Å². The summed E-state index contributed by atoms with van der Waals surface area (Å²) in [7, 11) is 0. The van der Waals surface area contributed by atoms with Crippen LogP contribution in [0.2, 0.25) is 10.0 Å². The fourth-order valence-electron chi connectivity index (χ4n) is 2.07. The second-order valence-corrected chi connectivity index (χ2v) is 5.80. The van der Waals surface area contributed by atoms with E-state index in [2.05, 4.69) is 0 Å². The normalized spacial score (nSPS) is 9.64. The van der Waals surface area contributed by atoms with E-state index >= 15 is 0 Å². The fourth-order valence-corrected chi connectivity index (χ4v) is 2.47. The fraction of sp³-hybridized carbons (Fsp3) is 0.158. The van der Waals surface area contributed by atoms with E-state index in [9.17, 15) is 0 Å². The number of hydrogen-bond acceptors (Lipinski definition) is 4. The number of rotatable bonds is 6. The van der Waals surface area contributed by atoms with Crippen LogP contribution in [0.4, 0.5) is 0 Å². The number of ether oxygens (including phenoxy) is 2. The summed E-state index contributed by atoms with van der Waals surface area (Å²) >= 11 is 12.2. The van der Waals surface area contributed by atoms with E-state index < -0.39 is 0 Å². The van der Waals surface area contributed by atoms with E-state index in [1.807, 2.05) is 31.2 Å². The molecule has 2 rings (SSSR count). The standard InChI is InChI=1S/C19H14Cl2N2O2/c1-2-24-18-9-14(7-15(10-22)11-23)8-17(21)19(18)25-12-13-3-5-16(20)6-4-13/h3-9H,2,12H2,1H3. The summed E-state index contributed by atoms with van der Waals surface area (Å²) in [5.74, 6) is 0.858. The molecule has 25 heavy (non-hydrogen) atoms. The van der Waals surface area contributed by atoms with Crippen molar-refractivity contribution in [1.82, 2.24) is 0 Å². The molecule has 0 unspecified atom stereocenters. The Morgan fingerprint density at radius 2 is 1.76 bits per heavy atom. The predicted octanol–water partition coefficient (Wildman–Crippen LogP) is 5.40. The maximum atomic E-state index is 8.87. The third-order valence-electron chi connectivity index (χ3n) is 3.18. The third-order valence-corrected chi connectivity index (χ3v) is 3.71. The van der Waals surface area contributed by atoms with Crippen LogP contribution < -0.4 is 9.47 Å². The van der Waals surface area contributed by atoms with E-state index in [0.29, 0.717) is 40.3 Å². The SMILES string of the molecule is CCOc1cc(C=C(C#N)C#N)cc(Cl)c1OCc1ccc(Cl)cc1. The highest BCUT2D eigenvalue weighted by atomic mass is 35.5. The van der Waals surface area contributed by atoms with Gasteiger partial charge in [0, 0.05) is 5.02 Å². The highest BCUT2D eigenvalue weighted by Gasteiger charge is 2.13. The summed E-state index contributed by atoms with van der Waals surface area (Å²) in [6.45, 7) is 2.56. The van der Waals surface area contributed by atoms with Crippen LogP contribution in [0.15, 0.2) is 42.0 Å². The van der Waals surface area contributed by atoms with Crippen LogP contribution in [-0.4, -0.2) is 6.61 Å². The largest absolute Gasteiger partial charge is 0.490 e. The Bertz CT molecular complexity index is 847. The molecular formula is C19H14Cl2N2O2. The van der Waals surface area contributed by atoms with Crippen LogP contribution in [-0.2, 0) is 6.61 Å². The maximum absolute atomic E-state index is 8.87. The summed E-state index contributed by atoms with van der Waals surface area (Å²) in [5.41, 5.74) is 1.50. The van der Waals surface area contributed by atoms with Crippen molar-refractivity contribution in [2.75, 3.05) is 6.61 Å². The van der Waals surface area contributed by atoms with Gasteiger partial charge in [0.15, 0.2) is 11.5 Å². The number of halogens is 2. The second kappa shape index (κ2) is 8.99. The van der Waals surface area contributed by atoms with E-state index in [1.54, 1.807) is 24.3 Å². The van der Waals surface area contributed by atoms with E-state index in [4.69, 9.17) is 43.2 Å². The molecule has 0 radical (unpaired) electrons. The molecule has 0 fully saturated rings. The van der Waals surface area contributed by atoms with Gasteiger partial charge < -0.3 is 9.47 Å². The Morgan fingerprint density at radius 3 is 2.36 bits per heavy atom. The van der Waals surface area contributed by atoms with Crippen molar-refractivity contribution < 1.29 is 9.47 Å². The maximum Gasteiger partial charge on any atom is 0.180 e. The van der Waals surface area contributed by atoms with E-state index in [-0.39, 0.29) is 5.57 Å². The molecule has 0 saturated carbocycles. The molecule has 0 aromatic heterocycles. The minimum absolute atomic E-state index is 0.0200. The molecule has 0 heterocycles. The molecule has 0 saturated heterocycles. The lowest BCUT2D eigenvalue weighted by molar-refractivity contribution is 0.269. The zero-order chi connectivity index (χ0) is 18.2. The summed E-state index contributed by atoms with van der Waals surface area (Å²) < 4.78 is 11.4. The second-order valence-electron chi connectivity index (χ2n) is 4.96. The Labute approximate surface area is 156 Å². The van der Waals surface area contributed by atoms with Crippen molar-refractivity contribution in [2.45, 2.75) is 13.5 Å². The molecule has 0 N–H and O–H groups in total. The van der Waals surface area contributed by atoms with Gasteiger partial charge in [0.25, 0.3) is 0 Å². The van der Waals surface area contributed by atoms with Crippen LogP contribution in [0.1, 0.15) is 18.1 Å². The summed E-state index contributed by atoms with van der Waals surface area (Å²) in [5, 5.41) is 18.7. The molecule has 0 spiro atoms. The Balaban J connectivity index is 2.30. The van der Waals surface area contributed by atoms with Gasteiger partial charge in [0.1, 0.15) is 24.3 Å². The van der Waals surface area contributed by atoms with Gasteiger partial charge >= 0.3 is 0 Å². The average molecular weight is 373 g/mol. The van der Waals surface area contributed by atoms with E-state index in [0.717, 1.165) is 5.56 Å². The van der Waals surface area contributed by atoms with Gasteiger partial charge in [-0.2, -0.15) is 10.5 Å². The van der Waals surface area contributed by atoms with Gasteiger partial charge in [-0.25, -0.2) is 0 Å². The number of nitrogens with zero attached hydrogens (tertiary/aromatic N) is 2. The van der Waals surface area contributed by atoms with Crippen LogP contribution >= 0.6 is 23.2 Å². The summed E-state index contributed by atoms with van der Waals surface area (Å²) in [4.78, 5) is 0. The van der Waals surface area contributed by atoms with Gasteiger partial charge in [-0.05, 0) is 48.4 Å². The van der Waals surface area contributed by atoms with Crippen LogP contribution in [0.5, 0.6) is 11.5 Å². The van der Waals surface area contributed by atoms with Crippen molar-refractivity contribution in [3.8, 4) is 23.6 Å². The first-order valence-electron chi connectivity index (χ1n) is 7.42. The molecule has 0 bridgehead atoms. The molecule has 0 aliphatic heterocycles. The first-order chi connectivity index (χ1) is 12.1.